The third kappa shape index (κ3) is 1.62. The van der Waals surface area contributed by atoms with Crippen LogP contribution < -0.4 is 10.1 Å². The molecule has 2 aromatic rings. The van der Waals surface area contributed by atoms with Crippen LogP contribution in [-0.2, 0) is 12.8 Å². The monoisotopic (exact) mass is 244 g/mol. The minimum absolute atomic E-state index is 0.594. The molecule has 0 bridgehead atoms. The van der Waals surface area contributed by atoms with Crippen molar-refractivity contribution < 1.29 is 4.74 Å². The summed E-state index contributed by atoms with van der Waals surface area (Å²) in [6.45, 7) is 2.18. The normalized spacial score (nSPS) is 18.9. The number of nitrogens with one attached hydrogen (secondary N) is 2. The van der Waals surface area contributed by atoms with Crippen molar-refractivity contribution in [3.63, 3.8) is 0 Å². The zero-order chi connectivity index (χ0) is 12.7. The molecule has 1 aliphatic rings. The van der Waals surface area contributed by atoms with Gasteiger partial charge in [0.1, 0.15) is 5.75 Å². The summed E-state index contributed by atoms with van der Waals surface area (Å²) < 4.78 is 5.47. The van der Waals surface area contributed by atoms with Gasteiger partial charge in [-0.15, -0.1) is 0 Å². The third-order valence-corrected chi connectivity index (χ3v) is 4.14. The van der Waals surface area contributed by atoms with E-state index in [9.17, 15) is 0 Å². The number of methoxy groups -OCH3 is 1. The molecule has 0 aliphatic heterocycles. The molecule has 3 nitrogen and oxygen atoms in total. The highest BCUT2D eigenvalue weighted by molar-refractivity contribution is 5.92. The molecule has 1 aromatic carbocycles. The first kappa shape index (κ1) is 11.6. The number of aryl methyl sites for hydroxylation is 2. The van der Waals surface area contributed by atoms with Crippen LogP contribution in [0.2, 0.25) is 0 Å². The quantitative estimate of drug-likeness (QED) is 0.852. The number of likely N-dealkylation sites (N-methyl/N-ethyl adjacent to an activating group) is 1. The number of fused-ring (bicyclic) bond motifs is 3. The largest absolute Gasteiger partial charge is 0.495 e. The molecule has 18 heavy (non-hydrogen) atoms. The van der Waals surface area contributed by atoms with E-state index < -0.39 is 0 Å². The van der Waals surface area contributed by atoms with Crippen LogP contribution in [0.5, 0.6) is 5.75 Å². The molecule has 0 saturated carbocycles. The molecule has 0 saturated heterocycles. The molecule has 1 heterocycles. The lowest BCUT2D eigenvalue weighted by Crippen LogP contribution is -2.31. The second-order valence-electron chi connectivity index (χ2n) is 5.15. The molecule has 3 heteroatoms. The van der Waals surface area contributed by atoms with Crippen LogP contribution in [0.1, 0.15) is 23.2 Å². The molecule has 0 amide bonds. The van der Waals surface area contributed by atoms with E-state index >= 15 is 0 Å². The predicted molar refractivity (Wildman–Crippen MR) is 74.5 cm³/mol. The van der Waals surface area contributed by atoms with E-state index in [1.54, 1.807) is 7.11 Å². The van der Waals surface area contributed by atoms with E-state index in [2.05, 4.69) is 29.4 Å². The molecule has 0 radical (unpaired) electrons. The van der Waals surface area contributed by atoms with Gasteiger partial charge in [0.2, 0.25) is 0 Å². The van der Waals surface area contributed by atoms with Crippen LogP contribution in [0.3, 0.4) is 0 Å². The Hall–Kier alpha value is -1.48. The number of benzene rings is 1. The minimum Gasteiger partial charge on any atom is -0.495 e. The van der Waals surface area contributed by atoms with Crippen LogP contribution in [-0.4, -0.2) is 25.2 Å². The Labute approximate surface area is 108 Å². The van der Waals surface area contributed by atoms with E-state index in [-0.39, 0.29) is 0 Å². The first-order valence-electron chi connectivity index (χ1n) is 6.59. The lowest BCUT2D eigenvalue weighted by molar-refractivity contribution is 0.419. The Bertz CT molecular complexity index is 586. The SMILES string of the molecule is CNC1CCc2c([nH]c3c(OC)ccc(C)c23)C1. The van der Waals surface area contributed by atoms with Crippen molar-refractivity contribution in [3.05, 3.63) is 29.0 Å². The zero-order valence-corrected chi connectivity index (χ0v) is 11.3. The highest BCUT2D eigenvalue weighted by atomic mass is 16.5. The van der Waals surface area contributed by atoms with E-state index in [0.29, 0.717) is 6.04 Å². The lowest BCUT2D eigenvalue weighted by atomic mass is 9.91. The predicted octanol–water partition coefficient (Wildman–Crippen LogP) is 2.56. The zero-order valence-electron chi connectivity index (χ0n) is 11.3. The average molecular weight is 244 g/mol. The smallest absolute Gasteiger partial charge is 0.142 e. The van der Waals surface area contributed by atoms with Gasteiger partial charge in [0, 0.05) is 23.5 Å². The Kier molecular flexibility index (Phi) is 2.78. The summed E-state index contributed by atoms with van der Waals surface area (Å²) in [5, 5.41) is 4.76. The van der Waals surface area contributed by atoms with Gasteiger partial charge in [-0.3, -0.25) is 0 Å². The molecule has 1 aromatic heterocycles. The van der Waals surface area contributed by atoms with Gasteiger partial charge in [0.15, 0.2) is 0 Å². The van der Waals surface area contributed by atoms with Gasteiger partial charge in [-0.1, -0.05) is 6.07 Å². The second kappa shape index (κ2) is 4.32. The van der Waals surface area contributed by atoms with Crippen LogP contribution in [0.4, 0.5) is 0 Å². The molecule has 1 aliphatic carbocycles. The maximum atomic E-state index is 5.47. The summed E-state index contributed by atoms with van der Waals surface area (Å²) in [6, 6.07) is 4.80. The fourth-order valence-corrected chi connectivity index (χ4v) is 3.11. The van der Waals surface area contributed by atoms with Gasteiger partial charge in [-0.2, -0.15) is 0 Å². The number of rotatable bonds is 2. The number of ether oxygens (including phenoxy) is 1. The van der Waals surface area contributed by atoms with Crippen LogP contribution in [0.15, 0.2) is 12.1 Å². The van der Waals surface area contributed by atoms with Crippen molar-refractivity contribution in [1.82, 2.24) is 10.3 Å². The Morgan fingerprint density at radius 1 is 1.39 bits per heavy atom. The first-order chi connectivity index (χ1) is 8.74. The Balaban J connectivity index is 2.21. The molecule has 2 N–H and O–H groups in total. The number of aromatic amines is 1. The topological polar surface area (TPSA) is 37.0 Å². The molecule has 3 rings (SSSR count). The van der Waals surface area contributed by atoms with Crippen LogP contribution in [0, 0.1) is 6.92 Å². The van der Waals surface area contributed by atoms with Crippen LogP contribution in [0.25, 0.3) is 10.9 Å². The molecule has 0 fully saturated rings. The summed E-state index contributed by atoms with van der Waals surface area (Å²) >= 11 is 0. The fraction of sp³-hybridized carbons (Fsp3) is 0.467. The summed E-state index contributed by atoms with van der Waals surface area (Å²) in [4.78, 5) is 3.58. The maximum absolute atomic E-state index is 5.47. The fourth-order valence-electron chi connectivity index (χ4n) is 3.11. The lowest BCUT2D eigenvalue weighted by Gasteiger charge is -2.21. The standard InChI is InChI=1S/C15H20N2O/c1-9-4-7-13(18-3)15-14(9)11-6-5-10(16-2)8-12(11)17-15/h4,7,10,16-17H,5-6,8H2,1-3H3. The van der Waals surface area contributed by atoms with Gasteiger partial charge >= 0.3 is 0 Å². The van der Waals surface area contributed by atoms with Crippen molar-refractivity contribution in [3.8, 4) is 5.75 Å². The Morgan fingerprint density at radius 3 is 2.94 bits per heavy atom. The van der Waals surface area contributed by atoms with Crippen molar-refractivity contribution in [2.24, 2.45) is 0 Å². The van der Waals surface area contributed by atoms with Gasteiger partial charge in [-0.25, -0.2) is 0 Å². The molecule has 1 unspecified atom stereocenters. The van der Waals surface area contributed by atoms with Crippen molar-refractivity contribution >= 4 is 10.9 Å². The minimum atomic E-state index is 0.594. The molecule has 0 spiro atoms. The first-order valence-corrected chi connectivity index (χ1v) is 6.59. The summed E-state index contributed by atoms with van der Waals surface area (Å²) in [6.07, 6.45) is 3.45. The van der Waals surface area contributed by atoms with Gasteiger partial charge < -0.3 is 15.0 Å². The van der Waals surface area contributed by atoms with E-state index in [4.69, 9.17) is 4.74 Å². The molecule has 1 atom stereocenters. The number of hydrogen-bond donors (Lipinski definition) is 2. The van der Waals surface area contributed by atoms with Gasteiger partial charge in [0.25, 0.3) is 0 Å². The summed E-state index contributed by atoms with van der Waals surface area (Å²) in [5.74, 6) is 0.950. The Morgan fingerprint density at radius 2 is 2.22 bits per heavy atom. The van der Waals surface area contributed by atoms with Gasteiger partial charge in [-0.05, 0) is 44.0 Å². The second-order valence-corrected chi connectivity index (χ2v) is 5.15. The summed E-state index contributed by atoms with van der Waals surface area (Å²) in [7, 11) is 3.78. The van der Waals surface area contributed by atoms with Crippen molar-refractivity contribution in [1.29, 1.82) is 0 Å². The van der Waals surface area contributed by atoms with Crippen LogP contribution >= 0.6 is 0 Å². The highest BCUT2D eigenvalue weighted by Crippen LogP contribution is 2.35. The summed E-state index contributed by atoms with van der Waals surface area (Å²) in [5.41, 5.74) is 5.38. The molecular weight excluding hydrogens is 224 g/mol. The van der Waals surface area contributed by atoms with E-state index in [0.717, 1.165) is 18.6 Å². The number of aromatic nitrogens is 1. The van der Waals surface area contributed by atoms with E-state index in [1.165, 1.54) is 34.1 Å². The molecular formula is C15H20N2O. The average Bonchev–Trinajstić information content (AvgIpc) is 2.78. The maximum Gasteiger partial charge on any atom is 0.142 e. The van der Waals surface area contributed by atoms with Crippen molar-refractivity contribution in [2.75, 3.05) is 14.2 Å². The van der Waals surface area contributed by atoms with Crippen molar-refractivity contribution in [2.45, 2.75) is 32.2 Å². The van der Waals surface area contributed by atoms with E-state index in [1.807, 2.05) is 7.05 Å². The molecule has 96 valence electrons. The highest BCUT2D eigenvalue weighted by Gasteiger charge is 2.23. The number of H-pyrrole nitrogens is 1. The number of hydrogen-bond acceptors (Lipinski definition) is 2. The van der Waals surface area contributed by atoms with Gasteiger partial charge in [0.05, 0.1) is 12.6 Å². The third-order valence-electron chi connectivity index (χ3n) is 4.14.